The summed E-state index contributed by atoms with van der Waals surface area (Å²) in [5, 5.41) is 14.3. The minimum Gasteiger partial charge on any atom is -0.493 e. The Morgan fingerprint density at radius 3 is 2.17 bits per heavy atom. The molecule has 2 heterocycles. The molecule has 4 N–H and O–H groups in total. The number of aliphatic hydroxyl groups excluding tert-OH is 1. The summed E-state index contributed by atoms with van der Waals surface area (Å²) in [6.45, 7) is 0. The molecule has 36 heavy (non-hydrogen) atoms. The molecule has 3 aliphatic rings. The van der Waals surface area contributed by atoms with E-state index in [4.69, 9.17) is 14.2 Å². The van der Waals surface area contributed by atoms with Crippen molar-refractivity contribution in [1.29, 1.82) is 0 Å². The standard InChI is InChI=1S/C27H34N4O5/c1-31(2)17-8-6-14(7-9-17)22-23-18(28-26-24(22)27(33)30-29-26)10-15(11-19(23)32)16-12-20(34-3)25(36-5)21(13-16)35-4/h6-9,12-13,15,22,24,26-30,33H,10-11H2,1-5H3/t15-,22-,24?,26?,27?/m1/s1. The summed E-state index contributed by atoms with van der Waals surface area (Å²) in [4.78, 5) is 15.8. The second-order valence-corrected chi connectivity index (χ2v) is 9.78. The van der Waals surface area contributed by atoms with Gasteiger partial charge in [-0.05, 0) is 47.7 Å². The number of allylic oxidation sites excluding steroid dienone is 2. The molecular weight excluding hydrogens is 460 g/mol. The number of aliphatic hydroxyl groups is 1. The number of ketones is 1. The lowest BCUT2D eigenvalue weighted by Gasteiger charge is -2.42. The lowest BCUT2D eigenvalue weighted by atomic mass is 9.69. The van der Waals surface area contributed by atoms with Crippen molar-refractivity contribution in [3.8, 4) is 17.2 Å². The quantitative estimate of drug-likeness (QED) is 0.481. The van der Waals surface area contributed by atoms with E-state index >= 15 is 0 Å². The Balaban J connectivity index is 1.55. The highest BCUT2D eigenvalue weighted by atomic mass is 16.5. The second kappa shape index (κ2) is 9.65. The number of hydrazine groups is 1. The van der Waals surface area contributed by atoms with Crippen LogP contribution in [0.3, 0.4) is 0 Å². The molecule has 1 aliphatic carbocycles. The van der Waals surface area contributed by atoms with Crippen LogP contribution in [-0.4, -0.2) is 58.7 Å². The van der Waals surface area contributed by atoms with Crippen molar-refractivity contribution in [2.45, 2.75) is 37.1 Å². The highest BCUT2D eigenvalue weighted by molar-refractivity contribution is 5.99. The van der Waals surface area contributed by atoms with Gasteiger partial charge < -0.3 is 29.5 Å². The Labute approximate surface area is 211 Å². The first-order valence-corrected chi connectivity index (χ1v) is 12.1. The van der Waals surface area contributed by atoms with E-state index in [1.165, 1.54) is 0 Å². The van der Waals surface area contributed by atoms with Crippen molar-refractivity contribution in [3.63, 3.8) is 0 Å². The van der Waals surface area contributed by atoms with Gasteiger partial charge >= 0.3 is 0 Å². The van der Waals surface area contributed by atoms with Crippen molar-refractivity contribution < 1.29 is 24.1 Å². The van der Waals surface area contributed by atoms with Crippen LogP contribution in [0.5, 0.6) is 17.2 Å². The molecule has 0 bridgehead atoms. The molecule has 0 amide bonds. The summed E-state index contributed by atoms with van der Waals surface area (Å²) in [6, 6.07) is 12.1. The fourth-order valence-electron chi connectivity index (χ4n) is 5.81. The number of carbonyl (C=O) groups excluding carboxylic acids is 1. The summed E-state index contributed by atoms with van der Waals surface area (Å²) in [5.74, 6) is 1.25. The highest BCUT2D eigenvalue weighted by Crippen LogP contribution is 2.49. The molecule has 0 aromatic heterocycles. The molecule has 9 nitrogen and oxygen atoms in total. The summed E-state index contributed by atoms with van der Waals surface area (Å²) in [5.41, 5.74) is 10.9. The van der Waals surface area contributed by atoms with Gasteiger partial charge in [0.2, 0.25) is 5.75 Å². The van der Waals surface area contributed by atoms with Crippen LogP contribution in [0.1, 0.15) is 35.8 Å². The van der Waals surface area contributed by atoms with Crippen LogP contribution in [0.25, 0.3) is 0 Å². The predicted octanol–water partition coefficient (Wildman–Crippen LogP) is 2.23. The topological polar surface area (TPSA) is 104 Å². The molecule has 9 heteroatoms. The highest BCUT2D eigenvalue weighted by Gasteiger charge is 2.49. The van der Waals surface area contributed by atoms with Crippen LogP contribution in [0.2, 0.25) is 0 Å². The lowest BCUT2D eigenvalue weighted by Crippen LogP contribution is -2.51. The SMILES string of the molecule is COc1cc([C@H]2CC(=O)C3=C(C2)NC2NNC(O)C2[C@@H]3c2ccc(N(C)C)cc2)cc(OC)c1OC. The number of methoxy groups -OCH3 is 3. The number of nitrogens with zero attached hydrogens (tertiary/aromatic N) is 1. The number of Topliss-reactive ketones (excluding diaryl/α,β-unsaturated/α-hetero) is 1. The smallest absolute Gasteiger partial charge is 0.203 e. The molecule has 2 aromatic carbocycles. The average Bonchev–Trinajstić information content (AvgIpc) is 3.26. The summed E-state index contributed by atoms with van der Waals surface area (Å²) < 4.78 is 16.6. The number of ether oxygens (including phenoxy) is 3. The minimum absolute atomic E-state index is 0.0509. The number of anilines is 1. The van der Waals surface area contributed by atoms with Gasteiger partial charge in [-0.15, -0.1) is 0 Å². The van der Waals surface area contributed by atoms with Gasteiger partial charge in [-0.25, -0.2) is 10.9 Å². The number of carbonyl (C=O) groups is 1. The van der Waals surface area contributed by atoms with Crippen LogP contribution in [0.15, 0.2) is 47.7 Å². The zero-order valence-corrected chi connectivity index (χ0v) is 21.3. The molecule has 0 saturated carbocycles. The molecule has 192 valence electrons. The first-order chi connectivity index (χ1) is 17.4. The van der Waals surface area contributed by atoms with Crippen molar-refractivity contribution in [2.24, 2.45) is 5.92 Å². The van der Waals surface area contributed by atoms with Crippen molar-refractivity contribution >= 4 is 11.5 Å². The number of fused-ring (bicyclic) bond motifs is 1. The summed E-state index contributed by atoms with van der Waals surface area (Å²) in [7, 11) is 8.75. The van der Waals surface area contributed by atoms with E-state index in [9.17, 15) is 9.90 Å². The van der Waals surface area contributed by atoms with Crippen LogP contribution >= 0.6 is 0 Å². The van der Waals surface area contributed by atoms with E-state index in [-0.39, 0.29) is 29.7 Å². The van der Waals surface area contributed by atoms with E-state index in [1.807, 2.05) is 31.1 Å². The Kier molecular flexibility index (Phi) is 6.55. The van der Waals surface area contributed by atoms with Gasteiger partial charge in [-0.1, -0.05) is 12.1 Å². The van der Waals surface area contributed by atoms with E-state index < -0.39 is 6.23 Å². The third-order valence-electron chi connectivity index (χ3n) is 7.60. The third-order valence-corrected chi connectivity index (χ3v) is 7.60. The Morgan fingerprint density at radius 1 is 0.917 bits per heavy atom. The first kappa shape index (κ1) is 24.4. The van der Waals surface area contributed by atoms with Gasteiger partial charge in [0.1, 0.15) is 6.23 Å². The Bertz CT molecular complexity index is 1150. The van der Waals surface area contributed by atoms with E-state index in [0.29, 0.717) is 30.1 Å². The van der Waals surface area contributed by atoms with Crippen molar-refractivity contribution in [3.05, 3.63) is 58.8 Å². The molecule has 1 fully saturated rings. The molecule has 0 radical (unpaired) electrons. The number of rotatable bonds is 6. The first-order valence-electron chi connectivity index (χ1n) is 12.1. The number of hydrogen-bond donors (Lipinski definition) is 4. The minimum atomic E-state index is -0.782. The molecular formula is C27H34N4O5. The number of nitrogens with one attached hydrogen (secondary N) is 3. The summed E-state index contributed by atoms with van der Waals surface area (Å²) in [6.07, 6.45) is 0.0340. The maximum absolute atomic E-state index is 13.8. The third kappa shape index (κ3) is 4.07. The zero-order valence-electron chi connectivity index (χ0n) is 21.3. The zero-order chi connectivity index (χ0) is 25.6. The maximum atomic E-state index is 13.8. The monoisotopic (exact) mass is 494 g/mol. The van der Waals surface area contributed by atoms with Crippen LogP contribution < -0.4 is 35.3 Å². The Hall–Kier alpha value is -3.27. The molecule has 1 saturated heterocycles. The molecule has 5 rings (SSSR count). The molecule has 2 aliphatic heterocycles. The fourth-order valence-corrected chi connectivity index (χ4v) is 5.81. The Morgan fingerprint density at radius 2 is 1.58 bits per heavy atom. The van der Waals surface area contributed by atoms with E-state index in [2.05, 4.69) is 40.4 Å². The molecule has 2 aromatic rings. The molecule has 5 atom stereocenters. The van der Waals surface area contributed by atoms with Gasteiger partial charge in [0.25, 0.3) is 0 Å². The number of benzene rings is 2. The van der Waals surface area contributed by atoms with Crippen molar-refractivity contribution in [1.82, 2.24) is 16.2 Å². The van der Waals surface area contributed by atoms with E-state index in [1.54, 1.807) is 21.3 Å². The van der Waals surface area contributed by atoms with E-state index in [0.717, 1.165) is 28.1 Å². The predicted molar refractivity (Wildman–Crippen MR) is 136 cm³/mol. The summed E-state index contributed by atoms with van der Waals surface area (Å²) >= 11 is 0. The fraction of sp³-hybridized carbons (Fsp3) is 0.444. The van der Waals surface area contributed by atoms with Crippen LogP contribution in [0.4, 0.5) is 5.69 Å². The van der Waals surface area contributed by atoms with Gasteiger partial charge in [-0.2, -0.15) is 0 Å². The lowest BCUT2D eigenvalue weighted by molar-refractivity contribution is -0.117. The van der Waals surface area contributed by atoms with Gasteiger partial charge in [0.05, 0.1) is 27.5 Å². The molecule has 0 spiro atoms. The van der Waals surface area contributed by atoms with Crippen LogP contribution in [-0.2, 0) is 4.79 Å². The van der Waals surface area contributed by atoms with Crippen LogP contribution in [0, 0.1) is 5.92 Å². The normalized spacial score (nSPS) is 27.2. The molecule has 3 unspecified atom stereocenters. The average molecular weight is 495 g/mol. The van der Waals surface area contributed by atoms with Gasteiger partial charge in [0, 0.05) is 49.3 Å². The maximum Gasteiger partial charge on any atom is 0.203 e. The van der Waals surface area contributed by atoms with Gasteiger partial charge in [0.15, 0.2) is 17.3 Å². The van der Waals surface area contributed by atoms with Gasteiger partial charge in [-0.3, -0.25) is 4.79 Å². The number of hydrogen-bond acceptors (Lipinski definition) is 9. The largest absolute Gasteiger partial charge is 0.493 e. The second-order valence-electron chi connectivity index (χ2n) is 9.78. The van der Waals surface area contributed by atoms with Crippen molar-refractivity contribution in [2.75, 3.05) is 40.3 Å².